The van der Waals surface area contributed by atoms with Gasteiger partial charge in [0, 0.05) is 5.56 Å². The second-order valence-corrected chi connectivity index (χ2v) is 2.99. The number of nitrogens with two attached hydrogens (primary N) is 1. The molecule has 0 saturated carbocycles. The average Bonchev–Trinajstić information content (AvgIpc) is 2.20. The fourth-order valence-corrected chi connectivity index (χ4v) is 1.19. The topological polar surface area (TPSA) is 63.3 Å². The third kappa shape index (κ3) is 2.89. The third-order valence-electron chi connectivity index (χ3n) is 1.90. The molecule has 0 unspecified atom stereocenters. The molecular formula is C11H12FNO2. The van der Waals surface area contributed by atoms with E-state index in [0.717, 1.165) is 0 Å². The summed E-state index contributed by atoms with van der Waals surface area (Å²) in [7, 11) is 0. The molecule has 0 bridgehead atoms. The van der Waals surface area contributed by atoms with Crippen LogP contribution >= 0.6 is 0 Å². The fourth-order valence-electron chi connectivity index (χ4n) is 1.19. The van der Waals surface area contributed by atoms with E-state index in [1.54, 1.807) is 6.08 Å². The highest BCUT2D eigenvalue weighted by Gasteiger charge is 2.10. The molecule has 1 aromatic carbocycles. The summed E-state index contributed by atoms with van der Waals surface area (Å²) in [6, 6.07) is 3.97. The van der Waals surface area contributed by atoms with Gasteiger partial charge in [-0.1, -0.05) is 18.2 Å². The van der Waals surface area contributed by atoms with Crippen LogP contribution in [-0.2, 0) is 0 Å². The van der Waals surface area contributed by atoms with Gasteiger partial charge < -0.3 is 10.8 Å². The standard InChI is InChI=1S/C11H12FNO2/c12-10-6-3-5-9(11(14)15)8(10)4-1-2-7-13/h1,3-6H,2,7,13H2,(H,14,15). The molecule has 0 aromatic heterocycles. The lowest BCUT2D eigenvalue weighted by molar-refractivity contribution is 0.0696. The first-order valence-corrected chi connectivity index (χ1v) is 4.55. The molecule has 0 atom stereocenters. The Morgan fingerprint density at radius 3 is 2.87 bits per heavy atom. The van der Waals surface area contributed by atoms with Crippen molar-refractivity contribution < 1.29 is 14.3 Å². The molecule has 0 aliphatic rings. The number of benzene rings is 1. The highest BCUT2D eigenvalue weighted by Crippen LogP contribution is 2.15. The molecule has 0 amide bonds. The normalized spacial score (nSPS) is 10.8. The van der Waals surface area contributed by atoms with Gasteiger partial charge in [0.25, 0.3) is 0 Å². The van der Waals surface area contributed by atoms with Crippen LogP contribution < -0.4 is 5.73 Å². The zero-order chi connectivity index (χ0) is 11.3. The maximum Gasteiger partial charge on any atom is 0.336 e. The minimum atomic E-state index is -1.14. The van der Waals surface area contributed by atoms with Gasteiger partial charge in [0.05, 0.1) is 5.56 Å². The SMILES string of the molecule is NCCC=Cc1c(F)cccc1C(=O)O. The number of rotatable bonds is 4. The van der Waals surface area contributed by atoms with Crippen LogP contribution in [0.15, 0.2) is 24.3 Å². The van der Waals surface area contributed by atoms with Crippen LogP contribution in [0.4, 0.5) is 4.39 Å². The maximum atomic E-state index is 13.3. The number of aromatic carboxylic acids is 1. The van der Waals surface area contributed by atoms with Crippen LogP contribution in [0.1, 0.15) is 22.3 Å². The molecule has 4 heteroatoms. The van der Waals surface area contributed by atoms with Crippen LogP contribution in [0.5, 0.6) is 0 Å². The Hall–Kier alpha value is -1.68. The highest BCUT2D eigenvalue weighted by atomic mass is 19.1. The molecule has 1 rings (SSSR count). The quantitative estimate of drug-likeness (QED) is 0.795. The lowest BCUT2D eigenvalue weighted by Gasteiger charge is -2.01. The Morgan fingerprint density at radius 2 is 2.27 bits per heavy atom. The summed E-state index contributed by atoms with van der Waals surface area (Å²) in [6.45, 7) is 0.452. The van der Waals surface area contributed by atoms with Gasteiger partial charge >= 0.3 is 5.97 Å². The summed E-state index contributed by atoms with van der Waals surface area (Å²) < 4.78 is 13.3. The predicted octanol–water partition coefficient (Wildman–Crippen LogP) is 1.89. The van der Waals surface area contributed by atoms with E-state index < -0.39 is 11.8 Å². The minimum absolute atomic E-state index is 0.0386. The molecule has 0 saturated heterocycles. The molecule has 0 radical (unpaired) electrons. The van der Waals surface area contributed by atoms with Gasteiger partial charge in [-0.2, -0.15) is 0 Å². The molecule has 1 aromatic rings. The van der Waals surface area contributed by atoms with Crippen molar-refractivity contribution in [2.24, 2.45) is 5.73 Å². The largest absolute Gasteiger partial charge is 0.478 e. The summed E-state index contributed by atoms with van der Waals surface area (Å²) in [5.41, 5.74) is 5.32. The van der Waals surface area contributed by atoms with Crippen molar-refractivity contribution in [1.82, 2.24) is 0 Å². The fraction of sp³-hybridized carbons (Fsp3) is 0.182. The number of carboxylic acid groups (broad SMARTS) is 1. The Bertz CT molecular complexity index is 388. The van der Waals surface area contributed by atoms with Gasteiger partial charge in [0.1, 0.15) is 5.82 Å². The smallest absolute Gasteiger partial charge is 0.336 e. The first-order valence-electron chi connectivity index (χ1n) is 4.55. The van der Waals surface area contributed by atoms with Crippen molar-refractivity contribution in [3.05, 3.63) is 41.2 Å². The number of carbonyl (C=O) groups is 1. The first kappa shape index (κ1) is 11.4. The second kappa shape index (κ2) is 5.26. The molecule has 0 spiro atoms. The number of halogens is 1. The molecule has 0 aliphatic carbocycles. The maximum absolute atomic E-state index is 13.3. The van der Waals surface area contributed by atoms with Crippen molar-refractivity contribution in [2.45, 2.75) is 6.42 Å². The summed E-state index contributed by atoms with van der Waals surface area (Å²) in [6.07, 6.45) is 3.70. The van der Waals surface area contributed by atoms with Crippen LogP contribution in [0, 0.1) is 5.82 Å². The van der Waals surface area contributed by atoms with E-state index in [1.165, 1.54) is 24.3 Å². The van der Waals surface area contributed by atoms with E-state index in [0.29, 0.717) is 13.0 Å². The van der Waals surface area contributed by atoms with Crippen molar-refractivity contribution >= 4 is 12.0 Å². The molecule has 0 heterocycles. The van der Waals surface area contributed by atoms with Gasteiger partial charge in [-0.15, -0.1) is 0 Å². The van der Waals surface area contributed by atoms with E-state index in [2.05, 4.69) is 0 Å². The molecule has 0 fully saturated rings. The van der Waals surface area contributed by atoms with Crippen LogP contribution in [0.2, 0.25) is 0 Å². The highest BCUT2D eigenvalue weighted by molar-refractivity contribution is 5.92. The molecule has 3 N–H and O–H groups in total. The third-order valence-corrected chi connectivity index (χ3v) is 1.90. The van der Waals surface area contributed by atoms with E-state index in [4.69, 9.17) is 10.8 Å². The predicted molar refractivity (Wildman–Crippen MR) is 56.1 cm³/mol. The van der Waals surface area contributed by atoms with Crippen molar-refractivity contribution in [2.75, 3.05) is 6.54 Å². The Kier molecular flexibility index (Phi) is 4.00. The molecule has 0 aliphatic heterocycles. The summed E-state index contributed by atoms with van der Waals surface area (Å²) in [5, 5.41) is 8.82. The van der Waals surface area contributed by atoms with Gasteiger partial charge in [-0.3, -0.25) is 0 Å². The monoisotopic (exact) mass is 209 g/mol. The van der Waals surface area contributed by atoms with E-state index in [9.17, 15) is 9.18 Å². The van der Waals surface area contributed by atoms with E-state index >= 15 is 0 Å². The van der Waals surface area contributed by atoms with E-state index in [1.807, 2.05) is 0 Å². The lowest BCUT2D eigenvalue weighted by Crippen LogP contribution is -2.01. The van der Waals surface area contributed by atoms with Crippen molar-refractivity contribution in [1.29, 1.82) is 0 Å². The van der Waals surface area contributed by atoms with Crippen LogP contribution in [0.3, 0.4) is 0 Å². The van der Waals surface area contributed by atoms with Gasteiger partial charge in [-0.05, 0) is 25.1 Å². The Morgan fingerprint density at radius 1 is 1.53 bits per heavy atom. The van der Waals surface area contributed by atoms with Crippen molar-refractivity contribution in [3.63, 3.8) is 0 Å². The number of carboxylic acids is 1. The van der Waals surface area contributed by atoms with Gasteiger partial charge in [0.2, 0.25) is 0 Å². The minimum Gasteiger partial charge on any atom is -0.478 e. The first-order chi connectivity index (χ1) is 7.16. The lowest BCUT2D eigenvalue weighted by atomic mass is 10.1. The average molecular weight is 209 g/mol. The number of hydrogen-bond acceptors (Lipinski definition) is 2. The molecule has 3 nitrogen and oxygen atoms in total. The molecule has 15 heavy (non-hydrogen) atoms. The second-order valence-electron chi connectivity index (χ2n) is 2.99. The zero-order valence-corrected chi connectivity index (χ0v) is 8.11. The van der Waals surface area contributed by atoms with Gasteiger partial charge in [-0.25, -0.2) is 9.18 Å². The van der Waals surface area contributed by atoms with Crippen LogP contribution in [-0.4, -0.2) is 17.6 Å². The number of hydrogen-bond donors (Lipinski definition) is 2. The summed E-state index contributed by atoms with van der Waals surface area (Å²) in [5.74, 6) is -1.68. The molecule has 80 valence electrons. The Balaban J connectivity index is 3.07. The van der Waals surface area contributed by atoms with Crippen LogP contribution in [0.25, 0.3) is 6.08 Å². The van der Waals surface area contributed by atoms with Gasteiger partial charge in [0.15, 0.2) is 0 Å². The van der Waals surface area contributed by atoms with Crippen molar-refractivity contribution in [3.8, 4) is 0 Å². The Labute approximate surface area is 87.0 Å². The summed E-state index contributed by atoms with van der Waals surface area (Å²) >= 11 is 0. The van der Waals surface area contributed by atoms with E-state index in [-0.39, 0.29) is 11.1 Å². The zero-order valence-electron chi connectivity index (χ0n) is 8.11. The molecular weight excluding hydrogens is 197 g/mol. The summed E-state index contributed by atoms with van der Waals surface area (Å²) in [4.78, 5) is 10.8.